The topological polar surface area (TPSA) is 33.7 Å². The highest BCUT2D eigenvalue weighted by molar-refractivity contribution is 4.93. The maximum absolute atomic E-state index is 6.09. The van der Waals surface area contributed by atoms with Crippen molar-refractivity contribution in [1.82, 2.24) is 10.2 Å². The lowest BCUT2D eigenvalue weighted by molar-refractivity contribution is -0.0863. The number of hydrogen-bond donors (Lipinski definition) is 1. The average Bonchev–Trinajstić information content (AvgIpc) is 2.85. The molecule has 1 spiro atoms. The van der Waals surface area contributed by atoms with Crippen molar-refractivity contribution in [1.29, 1.82) is 0 Å². The van der Waals surface area contributed by atoms with Crippen LogP contribution in [0.15, 0.2) is 0 Å². The normalized spacial score (nSPS) is 35.8. The molecule has 1 aliphatic carbocycles. The molecule has 2 unspecified atom stereocenters. The van der Waals surface area contributed by atoms with Crippen molar-refractivity contribution in [2.75, 3.05) is 39.9 Å². The summed E-state index contributed by atoms with van der Waals surface area (Å²) in [7, 11) is 2.18. The fourth-order valence-electron chi connectivity index (χ4n) is 3.86. The van der Waals surface area contributed by atoms with Crippen LogP contribution in [-0.2, 0) is 9.47 Å². The SMILES string of the molecule is CN1CCOC(CNC2CCOC3(CCCC3)C2)C1. The molecule has 3 fully saturated rings. The molecule has 110 valence electrons. The van der Waals surface area contributed by atoms with Gasteiger partial charge in [0, 0.05) is 32.3 Å². The van der Waals surface area contributed by atoms with E-state index in [1.54, 1.807) is 0 Å². The molecular formula is C15H28N2O2. The monoisotopic (exact) mass is 268 g/mol. The van der Waals surface area contributed by atoms with E-state index in [0.29, 0.717) is 12.1 Å². The first-order chi connectivity index (χ1) is 9.26. The van der Waals surface area contributed by atoms with Gasteiger partial charge in [-0.25, -0.2) is 0 Å². The summed E-state index contributed by atoms with van der Waals surface area (Å²) >= 11 is 0. The minimum absolute atomic E-state index is 0.222. The van der Waals surface area contributed by atoms with Crippen LogP contribution in [0.5, 0.6) is 0 Å². The Morgan fingerprint density at radius 3 is 2.89 bits per heavy atom. The lowest BCUT2D eigenvalue weighted by Gasteiger charge is -2.39. The predicted octanol–water partition coefficient (Wildman–Crippen LogP) is 1.40. The van der Waals surface area contributed by atoms with Gasteiger partial charge in [-0.1, -0.05) is 12.8 Å². The Bertz CT molecular complexity index is 292. The van der Waals surface area contributed by atoms with Gasteiger partial charge in [0.05, 0.1) is 18.3 Å². The number of ether oxygens (including phenoxy) is 2. The molecular weight excluding hydrogens is 240 g/mol. The van der Waals surface area contributed by atoms with E-state index in [-0.39, 0.29) is 5.60 Å². The third kappa shape index (κ3) is 3.48. The van der Waals surface area contributed by atoms with Crippen LogP contribution in [0.2, 0.25) is 0 Å². The van der Waals surface area contributed by atoms with Crippen LogP contribution in [0, 0.1) is 0 Å². The summed E-state index contributed by atoms with van der Waals surface area (Å²) in [6, 6.07) is 0.627. The average molecular weight is 268 g/mol. The standard InChI is InChI=1S/C15H28N2O2/c1-17-7-9-18-14(12-17)11-16-13-4-8-19-15(10-13)5-2-3-6-15/h13-14,16H,2-12H2,1H3. The van der Waals surface area contributed by atoms with E-state index in [0.717, 1.165) is 39.3 Å². The predicted molar refractivity (Wildman–Crippen MR) is 75.4 cm³/mol. The minimum Gasteiger partial charge on any atom is -0.375 e. The largest absolute Gasteiger partial charge is 0.375 e. The van der Waals surface area contributed by atoms with Gasteiger partial charge >= 0.3 is 0 Å². The van der Waals surface area contributed by atoms with Crippen molar-refractivity contribution in [3.05, 3.63) is 0 Å². The Morgan fingerprint density at radius 1 is 1.26 bits per heavy atom. The fraction of sp³-hybridized carbons (Fsp3) is 1.00. The molecule has 2 heterocycles. The van der Waals surface area contributed by atoms with Crippen molar-refractivity contribution in [2.45, 2.75) is 56.3 Å². The first kappa shape index (κ1) is 13.8. The Morgan fingerprint density at radius 2 is 2.11 bits per heavy atom. The number of nitrogens with zero attached hydrogens (tertiary/aromatic N) is 1. The van der Waals surface area contributed by atoms with E-state index in [1.165, 1.54) is 32.1 Å². The summed E-state index contributed by atoms with van der Waals surface area (Å²) in [6.45, 7) is 4.92. The van der Waals surface area contributed by atoms with Crippen LogP contribution in [0.25, 0.3) is 0 Å². The lowest BCUT2D eigenvalue weighted by Crippen LogP contribution is -2.50. The maximum Gasteiger partial charge on any atom is 0.0826 e. The summed E-state index contributed by atoms with van der Waals surface area (Å²) in [5.74, 6) is 0. The fourth-order valence-corrected chi connectivity index (χ4v) is 3.86. The first-order valence-electron chi connectivity index (χ1n) is 7.93. The first-order valence-corrected chi connectivity index (χ1v) is 7.93. The van der Waals surface area contributed by atoms with E-state index in [9.17, 15) is 0 Å². The highest BCUT2D eigenvalue weighted by Gasteiger charge is 2.39. The van der Waals surface area contributed by atoms with Crippen LogP contribution in [0.1, 0.15) is 38.5 Å². The Kier molecular flexibility index (Phi) is 4.42. The van der Waals surface area contributed by atoms with E-state index in [2.05, 4.69) is 17.3 Å². The minimum atomic E-state index is 0.222. The quantitative estimate of drug-likeness (QED) is 0.839. The number of hydrogen-bond acceptors (Lipinski definition) is 4. The van der Waals surface area contributed by atoms with E-state index < -0.39 is 0 Å². The molecule has 19 heavy (non-hydrogen) atoms. The summed E-state index contributed by atoms with van der Waals surface area (Å²) < 4.78 is 11.9. The molecule has 1 N–H and O–H groups in total. The number of rotatable bonds is 3. The zero-order valence-electron chi connectivity index (χ0n) is 12.2. The zero-order chi connectivity index (χ0) is 13.1. The van der Waals surface area contributed by atoms with Crippen LogP contribution in [0.3, 0.4) is 0 Å². The van der Waals surface area contributed by atoms with Crippen molar-refractivity contribution in [3.63, 3.8) is 0 Å². The smallest absolute Gasteiger partial charge is 0.0826 e. The summed E-state index contributed by atoms with van der Waals surface area (Å²) in [6.07, 6.45) is 7.97. The summed E-state index contributed by atoms with van der Waals surface area (Å²) in [5.41, 5.74) is 0.222. The van der Waals surface area contributed by atoms with Gasteiger partial charge < -0.3 is 19.7 Å². The lowest BCUT2D eigenvalue weighted by atomic mass is 9.89. The maximum atomic E-state index is 6.09. The third-order valence-corrected chi connectivity index (χ3v) is 4.98. The van der Waals surface area contributed by atoms with Gasteiger partial charge in [-0.2, -0.15) is 0 Å². The molecule has 0 aromatic rings. The molecule has 4 heteroatoms. The second kappa shape index (κ2) is 6.08. The molecule has 2 aliphatic heterocycles. The van der Waals surface area contributed by atoms with E-state index in [1.807, 2.05) is 0 Å². The third-order valence-electron chi connectivity index (χ3n) is 4.98. The molecule has 1 saturated carbocycles. The molecule has 3 rings (SSSR count). The highest BCUT2D eigenvalue weighted by Crippen LogP contribution is 2.39. The van der Waals surface area contributed by atoms with E-state index >= 15 is 0 Å². The van der Waals surface area contributed by atoms with Crippen molar-refractivity contribution >= 4 is 0 Å². The van der Waals surface area contributed by atoms with Gasteiger partial charge in [-0.05, 0) is 32.7 Å². The van der Waals surface area contributed by atoms with Gasteiger partial charge in [-0.3, -0.25) is 0 Å². The molecule has 0 radical (unpaired) electrons. The van der Waals surface area contributed by atoms with Gasteiger partial charge in [0.25, 0.3) is 0 Å². The molecule has 0 bridgehead atoms. The molecule has 3 aliphatic rings. The van der Waals surface area contributed by atoms with Crippen molar-refractivity contribution in [3.8, 4) is 0 Å². The Balaban J connectivity index is 1.44. The van der Waals surface area contributed by atoms with Crippen LogP contribution < -0.4 is 5.32 Å². The number of nitrogens with one attached hydrogen (secondary N) is 1. The van der Waals surface area contributed by atoms with Gasteiger partial charge in [0.15, 0.2) is 0 Å². The van der Waals surface area contributed by atoms with Crippen LogP contribution >= 0.6 is 0 Å². The summed E-state index contributed by atoms with van der Waals surface area (Å²) in [4.78, 5) is 2.36. The van der Waals surface area contributed by atoms with Crippen molar-refractivity contribution < 1.29 is 9.47 Å². The molecule has 4 nitrogen and oxygen atoms in total. The van der Waals surface area contributed by atoms with Crippen molar-refractivity contribution in [2.24, 2.45) is 0 Å². The van der Waals surface area contributed by atoms with Gasteiger partial charge in [-0.15, -0.1) is 0 Å². The Hall–Kier alpha value is -0.160. The molecule has 0 aromatic heterocycles. The summed E-state index contributed by atoms with van der Waals surface area (Å²) in [5, 5.41) is 3.73. The van der Waals surface area contributed by atoms with Crippen LogP contribution in [-0.4, -0.2) is 62.5 Å². The highest BCUT2D eigenvalue weighted by atomic mass is 16.5. The van der Waals surface area contributed by atoms with Gasteiger partial charge in [0.2, 0.25) is 0 Å². The van der Waals surface area contributed by atoms with Crippen LogP contribution in [0.4, 0.5) is 0 Å². The molecule has 0 amide bonds. The number of morpholine rings is 1. The number of likely N-dealkylation sites (N-methyl/N-ethyl adjacent to an activating group) is 1. The second-order valence-electron chi connectivity index (χ2n) is 6.59. The Labute approximate surface area is 116 Å². The molecule has 0 aromatic carbocycles. The molecule has 2 atom stereocenters. The second-order valence-corrected chi connectivity index (χ2v) is 6.59. The van der Waals surface area contributed by atoms with E-state index in [4.69, 9.17) is 9.47 Å². The molecule has 2 saturated heterocycles. The van der Waals surface area contributed by atoms with Gasteiger partial charge in [0.1, 0.15) is 0 Å². The zero-order valence-corrected chi connectivity index (χ0v) is 12.2.